The molecule has 0 aliphatic rings. The standard InChI is InChI=1S/C20H18N2O5/c1-12(19(24)22-15-9-5-6-10-18(15)26-2)27-20(25)16-11-17(23)13-7-3-4-8-14(13)21-16/h3-12H,1-2H3,(H,21,23)(H,22,24)/t12-/m0/s1. The molecule has 0 aliphatic heterocycles. The van der Waals surface area contributed by atoms with Gasteiger partial charge in [0.15, 0.2) is 11.5 Å². The number of hydrogen-bond donors (Lipinski definition) is 2. The molecule has 0 aliphatic carbocycles. The maximum Gasteiger partial charge on any atom is 0.355 e. The summed E-state index contributed by atoms with van der Waals surface area (Å²) in [6, 6.07) is 14.9. The SMILES string of the molecule is COc1ccccc1NC(=O)[C@H](C)OC(=O)c1cc(=O)c2ccccc2[nH]1. The predicted molar refractivity (Wildman–Crippen MR) is 101 cm³/mol. The van der Waals surface area contributed by atoms with Gasteiger partial charge in [-0.05, 0) is 31.2 Å². The van der Waals surface area contributed by atoms with Crippen molar-refractivity contribution in [2.45, 2.75) is 13.0 Å². The predicted octanol–water partition coefficient (Wildman–Crippen LogP) is 2.72. The summed E-state index contributed by atoms with van der Waals surface area (Å²) in [5.74, 6) is -0.820. The van der Waals surface area contributed by atoms with Crippen molar-refractivity contribution in [3.8, 4) is 5.75 Å². The van der Waals surface area contributed by atoms with E-state index >= 15 is 0 Å². The Morgan fingerprint density at radius 2 is 1.78 bits per heavy atom. The number of amides is 1. The Morgan fingerprint density at radius 1 is 1.07 bits per heavy atom. The molecule has 1 amide bonds. The number of aromatic nitrogens is 1. The van der Waals surface area contributed by atoms with Crippen LogP contribution >= 0.6 is 0 Å². The van der Waals surface area contributed by atoms with Gasteiger partial charge in [-0.1, -0.05) is 24.3 Å². The lowest BCUT2D eigenvalue weighted by Gasteiger charge is -2.15. The molecule has 27 heavy (non-hydrogen) atoms. The molecule has 3 rings (SSSR count). The van der Waals surface area contributed by atoms with Gasteiger partial charge in [0, 0.05) is 17.0 Å². The minimum absolute atomic E-state index is 0.0179. The summed E-state index contributed by atoms with van der Waals surface area (Å²) in [7, 11) is 1.49. The Labute approximate surface area is 154 Å². The van der Waals surface area contributed by atoms with Gasteiger partial charge < -0.3 is 19.8 Å². The van der Waals surface area contributed by atoms with Gasteiger partial charge in [0.2, 0.25) is 0 Å². The lowest BCUT2D eigenvalue weighted by atomic mass is 10.2. The highest BCUT2D eigenvalue weighted by molar-refractivity contribution is 5.98. The topological polar surface area (TPSA) is 97.5 Å². The average Bonchev–Trinajstić information content (AvgIpc) is 2.68. The van der Waals surface area contributed by atoms with E-state index in [-0.39, 0.29) is 11.1 Å². The number of pyridine rings is 1. The fourth-order valence-electron chi connectivity index (χ4n) is 2.57. The van der Waals surface area contributed by atoms with Gasteiger partial charge in [0.05, 0.1) is 12.8 Å². The number of para-hydroxylation sites is 3. The van der Waals surface area contributed by atoms with E-state index in [2.05, 4.69) is 10.3 Å². The largest absolute Gasteiger partial charge is 0.495 e. The number of aromatic amines is 1. The number of ether oxygens (including phenoxy) is 2. The number of methoxy groups -OCH3 is 1. The Kier molecular flexibility index (Phi) is 5.21. The van der Waals surface area contributed by atoms with Gasteiger partial charge >= 0.3 is 5.97 Å². The van der Waals surface area contributed by atoms with E-state index in [9.17, 15) is 14.4 Å². The normalized spacial score (nSPS) is 11.6. The molecular weight excluding hydrogens is 348 g/mol. The van der Waals surface area contributed by atoms with Crippen LogP contribution in [0.25, 0.3) is 10.9 Å². The molecule has 2 aromatic carbocycles. The van der Waals surface area contributed by atoms with Crippen molar-refractivity contribution in [2.24, 2.45) is 0 Å². The molecule has 3 aromatic rings. The highest BCUT2D eigenvalue weighted by Crippen LogP contribution is 2.23. The van der Waals surface area contributed by atoms with E-state index in [4.69, 9.17) is 9.47 Å². The van der Waals surface area contributed by atoms with Crippen LogP contribution in [0.15, 0.2) is 59.4 Å². The number of carbonyl (C=O) groups is 2. The van der Waals surface area contributed by atoms with E-state index in [0.717, 1.165) is 6.07 Å². The van der Waals surface area contributed by atoms with Crippen molar-refractivity contribution in [2.75, 3.05) is 12.4 Å². The van der Waals surface area contributed by atoms with Gasteiger partial charge in [-0.2, -0.15) is 0 Å². The molecule has 7 heteroatoms. The first-order valence-electron chi connectivity index (χ1n) is 8.26. The molecule has 0 radical (unpaired) electrons. The lowest BCUT2D eigenvalue weighted by Crippen LogP contribution is -2.30. The van der Waals surface area contributed by atoms with Gasteiger partial charge in [0.25, 0.3) is 5.91 Å². The molecule has 1 aromatic heterocycles. The van der Waals surface area contributed by atoms with Crippen LogP contribution in [0.3, 0.4) is 0 Å². The van der Waals surface area contributed by atoms with Crippen molar-refractivity contribution in [3.63, 3.8) is 0 Å². The number of rotatable bonds is 5. The Bertz CT molecular complexity index is 1060. The van der Waals surface area contributed by atoms with Crippen LogP contribution in [-0.4, -0.2) is 30.1 Å². The number of fused-ring (bicyclic) bond motifs is 1. The zero-order valence-corrected chi connectivity index (χ0v) is 14.8. The van der Waals surface area contributed by atoms with Gasteiger partial charge in [-0.3, -0.25) is 9.59 Å². The summed E-state index contributed by atoms with van der Waals surface area (Å²) in [5, 5.41) is 3.11. The first-order valence-corrected chi connectivity index (χ1v) is 8.26. The van der Waals surface area contributed by atoms with Crippen LogP contribution in [0.4, 0.5) is 5.69 Å². The third-order valence-electron chi connectivity index (χ3n) is 3.98. The third-order valence-corrected chi connectivity index (χ3v) is 3.98. The maximum absolute atomic E-state index is 12.3. The zero-order valence-electron chi connectivity index (χ0n) is 14.8. The summed E-state index contributed by atoms with van der Waals surface area (Å²) >= 11 is 0. The Balaban J connectivity index is 1.73. The van der Waals surface area contributed by atoms with E-state index < -0.39 is 18.0 Å². The number of benzene rings is 2. The fourth-order valence-corrected chi connectivity index (χ4v) is 2.57. The van der Waals surface area contributed by atoms with Crippen molar-refractivity contribution < 1.29 is 19.1 Å². The highest BCUT2D eigenvalue weighted by atomic mass is 16.5. The molecule has 0 saturated carbocycles. The number of H-pyrrole nitrogens is 1. The fraction of sp³-hybridized carbons (Fsp3) is 0.150. The van der Waals surface area contributed by atoms with Crippen LogP contribution in [0.1, 0.15) is 17.4 Å². The average molecular weight is 366 g/mol. The lowest BCUT2D eigenvalue weighted by molar-refractivity contribution is -0.123. The number of esters is 1. The number of nitrogens with one attached hydrogen (secondary N) is 2. The van der Waals surface area contributed by atoms with Crippen LogP contribution in [0.5, 0.6) is 5.75 Å². The minimum Gasteiger partial charge on any atom is -0.495 e. The van der Waals surface area contributed by atoms with E-state index in [1.807, 2.05) is 0 Å². The van der Waals surface area contributed by atoms with Crippen LogP contribution in [0.2, 0.25) is 0 Å². The van der Waals surface area contributed by atoms with E-state index in [1.54, 1.807) is 48.5 Å². The second-order valence-electron chi connectivity index (χ2n) is 5.83. The summed E-state index contributed by atoms with van der Waals surface area (Å²) in [4.78, 5) is 39.6. The Morgan fingerprint density at radius 3 is 2.56 bits per heavy atom. The molecule has 7 nitrogen and oxygen atoms in total. The van der Waals surface area contributed by atoms with Gasteiger partial charge in [0.1, 0.15) is 11.4 Å². The molecule has 0 fully saturated rings. The molecule has 1 atom stereocenters. The second kappa shape index (κ2) is 7.74. The third kappa shape index (κ3) is 3.98. The smallest absolute Gasteiger partial charge is 0.355 e. The molecule has 138 valence electrons. The van der Waals surface area contributed by atoms with Gasteiger partial charge in [-0.25, -0.2) is 4.79 Å². The minimum atomic E-state index is -1.07. The summed E-state index contributed by atoms with van der Waals surface area (Å²) in [6.07, 6.45) is -1.07. The van der Waals surface area contributed by atoms with Crippen molar-refractivity contribution in [1.82, 2.24) is 4.98 Å². The molecule has 0 unspecified atom stereocenters. The van der Waals surface area contributed by atoms with Crippen LogP contribution < -0.4 is 15.5 Å². The number of hydrogen-bond acceptors (Lipinski definition) is 5. The maximum atomic E-state index is 12.3. The van der Waals surface area contributed by atoms with Crippen molar-refractivity contribution >= 4 is 28.5 Å². The highest BCUT2D eigenvalue weighted by Gasteiger charge is 2.21. The molecule has 0 spiro atoms. The van der Waals surface area contributed by atoms with Gasteiger partial charge in [-0.15, -0.1) is 0 Å². The van der Waals surface area contributed by atoms with Crippen LogP contribution in [0, 0.1) is 0 Å². The molecule has 0 bridgehead atoms. The monoisotopic (exact) mass is 366 g/mol. The summed E-state index contributed by atoms with van der Waals surface area (Å²) < 4.78 is 10.4. The zero-order chi connectivity index (χ0) is 19.4. The molecule has 2 N–H and O–H groups in total. The molecule has 0 saturated heterocycles. The second-order valence-corrected chi connectivity index (χ2v) is 5.83. The van der Waals surface area contributed by atoms with E-state index in [1.165, 1.54) is 14.0 Å². The first-order chi connectivity index (χ1) is 13.0. The van der Waals surface area contributed by atoms with Crippen molar-refractivity contribution in [1.29, 1.82) is 0 Å². The number of carbonyl (C=O) groups excluding carboxylic acids is 2. The molecule has 1 heterocycles. The summed E-state index contributed by atoms with van der Waals surface area (Å²) in [6.45, 7) is 1.45. The quantitative estimate of drug-likeness (QED) is 0.677. The van der Waals surface area contributed by atoms with E-state index in [0.29, 0.717) is 22.3 Å². The van der Waals surface area contributed by atoms with Crippen molar-refractivity contribution in [3.05, 3.63) is 70.5 Å². The molecular formula is C20H18N2O5. The number of anilines is 1. The first kappa shape index (κ1) is 18.2. The van der Waals surface area contributed by atoms with Crippen LogP contribution in [-0.2, 0) is 9.53 Å². The summed E-state index contributed by atoms with van der Waals surface area (Å²) in [5.41, 5.74) is 0.660. The Hall–Kier alpha value is -3.61.